The summed E-state index contributed by atoms with van der Waals surface area (Å²) in [4.78, 5) is 23.7. The van der Waals surface area contributed by atoms with Gasteiger partial charge in [0.2, 0.25) is 0 Å². The summed E-state index contributed by atoms with van der Waals surface area (Å²) in [5.74, 6) is 0. The van der Waals surface area contributed by atoms with Gasteiger partial charge in [0.15, 0.2) is 0 Å². The number of hydrogen-bond donors (Lipinski definition) is 3. The lowest BCUT2D eigenvalue weighted by Crippen LogP contribution is -2.56. The number of amides is 2. The average molecular weight is 549 g/mol. The van der Waals surface area contributed by atoms with E-state index in [1.807, 2.05) is 20.8 Å². The van der Waals surface area contributed by atoms with Crippen molar-refractivity contribution in [3.63, 3.8) is 0 Å². The predicted molar refractivity (Wildman–Crippen MR) is 145 cm³/mol. The zero-order valence-electron chi connectivity index (χ0n) is 25.2. The zero-order chi connectivity index (χ0) is 29.9. The average Bonchev–Trinajstić information content (AvgIpc) is 2.80. The SMILES string of the molecule is COCCC(C#N)(CCOC)NC(=O)OC(C)(C)C.COCCC(CN)(CCOC)NC(=O)OC(C)(C)C. The maximum absolute atomic E-state index is 11.9. The Labute approximate surface area is 229 Å². The van der Waals surface area contributed by atoms with E-state index in [0.717, 1.165) is 0 Å². The summed E-state index contributed by atoms with van der Waals surface area (Å²) in [6.07, 6.45) is 0.905. The molecule has 0 spiro atoms. The number of carbonyl (C=O) groups excluding carboxylic acids is 2. The smallest absolute Gasteiger partial charge is 0.408 e. The van der Waals surface area contributed by atoms with Gasteiger partial charge < -0.3 is 44.8 Å². The topological polar surface area (TPSA) is 163 Å². The van der Waals surface area contributed by atoms with Gasteiger partial charge in [-0.1, -0.05) is 0 Å². The van der Waals surface area contributed by atoms with Crippen LogP contribution in [0.1, 0.15) is 67.2 Å². The van der Waals surface area contributed by atoms with Gasteiger partial charge in [0.05, 0.1) is 11.6 Å². The molecule has 4 N–H and O–H groups in total. The van der Waals surface area contributed by atoms with Crippen LogP contribution in [0.2, 0.25) is 0 Å². The van der Waals surface area contributed by atoms with E-state index in [-0.39, 0.29) is 0 Å². The Morgan fingerprint density at radius 2 is 1.03 bits per heavy atom. The van der Waals surface area contributed by atoms with E-state index in [1.165, 1.54) is 0 Å². The molecule has 0 unspecified atom stereocenters. The highest BCUT2D eigenvalue weighted by Crippen LogP contribution is 2.18. The van der Waals surface area contributed by atoms with Gasteiger partial charge in [-0.25, -0.2) is 9.59 Å². The quantitative estimate of drug-likeness (QED) is 0.277. The van der Waals surface area contributed by atoms with Crippen molar-refractivity contribution in [1.29, 1.82) is 5.26 Å². The lowest BCUT2D eigenvalue weighted by Gasteiger charge is -2.34. The summed E-state index contributed by atoms with van der Waals surface area (Å²) >= 11 is 0. The minimum Gasteiger partial charge on any atom is -0.444 e. The van der Waals surface area contributed by atoms with Crippen LogP contribution < -0.4 is 16.4 Å². The van der Waals surface area contributed by atoms with Crippen molar-refractivity contribution >= 4 is 12.2 Å². The zero-order valence-corrected chi connectivity index (χ0v) is 25.2. The first-order valence-corrected chi connectivity index (χ1v) is 12.7. The highest BCUT2D eigenvalue weighted by molar-refractivity contribution is 5.69. The van der Waals surface area contributed by atoms with E-state index in [9.17, 15) is 14.9 Å². The fourth-order valence-electron chi connectivity index (χ4n) is 3.06. The number of alkyl carbamates (subject to hydrolysis) is 2. The summed E-state index contributed by atoms with van der Waals surface area (Å²) < 4.78 is 30.5. The first kappa shape index (κ1) is 38.0. The van der Waals surface area contributed by atoms with Gasteiger partial charge in [0, 0.05) is 74.3 Å². The molecule has 0 fully saturated rings. The molecule has 0 aromatic carbocycles. The van der Waals surface area contributed by atoms with E-state index in [0.29, 0.717) is 58.7 Å². The Morgan fingerprint density at radius 3 is 1.32 bits per heavy atom. The molecule has 0 aromatic rings. The number of nitriles is 1. The maximum Gasteiger partial charge on any atom is 0.408 e. The Bertz CT molecular complexity index is 683. The van der Waals surface area contributed by atoms with E-state index in [1.54, 1.807) is 49.2 Å². The molecule has 0 saturated heterocycles. The molecule has 0 aliphatic carbocycles. The van der Waals surface area contributed by atoms with Gasteiger partial charge in [0.25, 0.3) is 0 Å². The summed E-state index contributed by atoms with van der Waals surface area (Å²) in [5, 5.41) is 14.8. The molecule has 224 valence electrons. The number of ether oxygens (including phenoxy) is 6. The third kappa shape index (κ3) is 19.0. The van der Waals surface area contributed by atoms with E-state index in [4.69, 9.17) is 34.2 Å². The summed E-state index contributed by atoms with van der Waals surface area (Å²) in [5.41, 5.74) is 3.09. The van der Waals surface area contributed by atoms with E-state index in [2.05, 4.69) is 16.7 Å². The highest BCUT2D eigenvalue weighted by atomic mass is 16.6. The highest BCUT2D eigenvalue weighted by Gasteiger charge is 2.34. The van der Waals surface area contributed by atoms with Gasteiger partial charge in [-0.3, -0.25) is 0 Å². The van der Waals surface area contributed by atoms with Crippen LogP contribution in [-0.2, 0) is 28.4 Å². The van der Waals surface area contributed by atoms with Gasteiger partial charge in [-0.2, -0.15) is 5.26 Å². The van der Waals surface area contributed by atoms with Crippen molar-refractivity contribution in [2.75, 3.05) is 61.4 Å². The molecular formula is C26H52N4O8. The number of hydrogen-bond acceptors (Lipinski definition) is 10. The number of nitrogens with zero attached hydrogens (tertiary/aromatic N) is 1. The van der Waals surface area contributed by atoms with Crippen LogP contribution in [0.3, 0.4) is 0 Å². The number of methoxy groups -OCH3 is 4. The van der Waals surface area contributed by atoms with Gasteiger partial charge in [-0.15, -0.1) is 0 Å². The number of carbonyl (C=O) groups is 2. The van der Waals surface area contributed by atoms with Crippen molar-refractivity contribution in [2.24, 2.45) is 5.73 Å². The third-order valence-corrected chi connectivity index (χ3v) is 5.15. The maximum atomic E-state index is 11.9. The molecule has 38 heavy (non-hydrogen) atoms. The molecule has 0 atom stereocenters. The summed E-state index contributed by atoms with van der Waals surface area (Å²) in [6.45, 7) is 12.8. The minimum absolute atomic E-state index is 0.305. The fraction of sp³-hybridized carbons (Fsp3) is 0.885. The van der Waals surface area contributed by atoms with Crippen LogP contribution in [0.4, 0.5) is 9.59 Å². The molecule has 0 aromatic heterocycles. The van der Waals surface area contributed by atoms with Crippen LogP contribution in [0.15, 0.2) is 0 Å². The third-order valence-electron chi connectivity index (χ3n) is 5.15. The van der Waals surface area contributed by atoms with Crippen LogP contribution in [0, 0.1) is 11.3 Å². The van der Waals surface area contributed by atoms with Crippen molar-refractivity contribution in [3.8, 4) is 6.07 Å². The Morgan fingerprint density at radius 1 is 0.684 bits per heavy atom. The van der Waals surface area contributed by atoms with Crippen LogP contribution in [-0.4, -0.2) is 95.9 Å². The number of nitrogens with one attached hydrogen (secondary N) is 2. The molecule has 12 nitrogen and oxygen atoms in total. The molecular weight excluding hydrogens is 496 g/mol. The second kappa shape index (κ2) is 19.0. The lowest BCUT2D eigenvalue weighted by atomic mass is 9.92. The molecule has 0 rings (SSSR count). The molecule has 2 amide bonds. The van der Waals surface area contributed by atoms with Crippen LogP contribution >= 0.6 is 0 Å². The summed E-state index contributed by atoms with van der Waals surface area (Å²) in [6, 6.07) is 2.13. The van der Waals surface area contributed by atoms with Gasteiger partial charge >= 0.3 is 12.2 Å². The van der Waals surface area contributed by atoms with Crippen molar-refractivity contribution in [2.45, 2.75) is 89.5 Å². The summed E-state index contributed by atoms with van der Waals surface area (Å²) in [7, 11) is 6.33. The van der Waals surface area contributed by atoms with Crippen LogP contribution in [0.25, 0.3) is 0 Å². The number of nitrogens with two attached hydrogens (primary N) is 1. The second-order valence-corrected chi connectivity index (χ2v) is 10.9. The van der Waals surface area contributed by atoms with E-state index < -0.39 is 34.5 Å². The molecule has 0 aliphatic heterocycles. The first-order chi connectivity index (χ1) is 17.6. The minimum atomic E-state index is -1.03. The van der Waals surface area contributed by atoms with Gasteiger partial charge in [0.1, 0.15) is 16.7 Å². The molecule has 0 bridgehead atoms. The lowest BCUT2D eigenvalue weighted by molar-refractivity contribution is 0.0392. The van der Waals surface area contributed by atoms with Crippen molar-refractivity contribution < 1.29 is 38.0 Å². The molecule has 0 aliphatic rings. The fourth-order valence-corrected chi connectivity index (χ4v) is 3.06. The monoisotopic (exact) mass is 548 g/mol. The molecule has 0 heterocycles. The van der Waals surface area contributed by atoms with Crippen molar-refractivity contribution in [1.82, 2.24) is 10.6 Å². The van der Waals surface area contributed by atoms with Crippen LogP contribution in [0.5, 0.6) is 0 Å². The second-order valence-electron chi connectivity index (χ2n) is 10.9. The largest absolute Gasteiger partial charge is 0.444 e. The first-order valence-electron chi connectivity index (χ1n) is 12.7. The van der Waals surface area contributed by atoms with Gasteiger partial charge in [-0.05, 0) is 54.4 Å². The van der Waals surface area contributed by atoms with E-state index >= 15 is 0 Å². The Hall–Kier alpha value is -2.17. The Kier molecular flexibility index (Phi) is 19.0. The normalized spacial score (nSPS) is 12.1. The standard InChI is InChI=1S/C13H28N2O4.C13H24N2O4/c2*1-12(2,3)19-11(16)15-13(10-14,6-8-17-4)7-9-18-5/h6-10,14H2,1-5H3,(H,15,16);6-9H2,1-5H3,(H,15,16). The molecule has 12 heteroatoms. The molecule has 0 saturated carbocycles. The predicted octanol–water partition coefficient (Wildman–Crippen LogP) is 3.13. The van der Waals surface area contributed by atoms with Crippen molar-refractivity contribution in [3.05, 3.63) is 0 Å². The molecule has 0 radical (unpaired) electrons. The Balaban J connectivity index is 0. The number of rotatable bonds is 15.